The Bertz CT molecular complexity index is 1080. The number of amides is 1. The van der Waals surface area contributed by atoms with Gasteiger partial charge in [0.15, 0.2) is 10.9 Å². The first kappa shape index (κ1) is 18.4. The smallest absolute Gasteiger partial charge is 0.293 e. The number of fused-ring (bicyclic) bond motifs is 1. The van der Waals surface area contributed by atoms with Gasteiger partial charge in [-0.05, 0) is 62.1 Å². The van der Waals surface area contributed by atoms with E-state index >= 15 is 0 Å². The van der Waals surface area contributed by atoms with E-state index in [0.29, 0.717) is 5.13 Å². The highest BCUT2D eigenvalue weighted by Gasteiger charge is 2.24. The summed E-state index contributed by atoms with van der Waals surface area (Å²) in [5, 5.41) is 2.95. The molecule has 9 heteroatoms. The van der Waals surface area contributed by atoms with Crippen molar-refractivity contribution in [1.29, 1.82) is 0 Å². The van der Waals surface area contributed by atoms with Gasteiger partial charge in [-0.2, -0.15) is 0 Å². The maximum Gasteiger partial charge on any atom is 0.293 e. The molecule has 0 spiro atoms. The van der Waals surface area contributed by atoms with E-state index in [4.69, 9.17) is 4.42 Å². The number of carbonyl (C=O) groups is 1. The summed E-state index contributed by atoms with van der Waals surface area (Å²) in [7, 11) is -3.82. The number of rotatable bonds is 4. The predicted octanol–water partition coefficient (Wildman–Crippen LogP) is 4.46. The van der Waals surface area contributed by atoms with E-state index in [0.717, 1.165) is 35.8 Å². The van der Waals surface area contributed by atoms with E-state index in [-0.39, 0.29) is 15.7 Å². The molecular weight excluding hydrogens is 452 g/mol. The van der Waals surface area contributed by atoms with Crippen LogP contribution in [0, 0.1) is 0 Å². The zero-order valence-electron chi connectivity index (χ0n) is 14.1. The van der Waals surface area contributed by atoms with E-state index in [1.54, 1.807) is 12.1 Å². The Hall–Kier alpha value is -1.97. The molecule has 0 saturated heterocycles. The molecule has 0 fully saturated rings. The first-order valence-corrected chi connectivity index (χ1v) is 11.4. The zero-order chi connectivity index (χ0) is 19.0. The van der Waals surface area contributed by atoms with Gasteiger partial charge in [-0.25, -0.2) is 13.4 Å². The maximum atomic E-state index is 12.6. The van der Waals surface area contributed by atoms with E-state index < -0.39 is 15.7 Å². The van der Waals surface area contributed by atoms with E-state index in [9.17, 15) is 13.2 Å². The average Bonchev–Trinajstić information content (AvgIpc) is 3.29. The first-order valence-electron chi connectivity index (χ1n) is 8.34. The summed E-state index contributed by atoms with van der Waals surface area (Å²) < 4.78 is 31.3. The lowest BCUT2D eigenvalue weighted by molar-refractivity contribution is 0.0991. The van der Waals surface area contributed by atoms with Gasteiger partial charge < -0.3 is 4.42 Å². The molecule has 1 amide bonds. The summed E-state index contributed by atoms with van der Waals surface area (Å²) in [6.45, 7) is 0. The number of halogens is 1. The lowest BCUT2D eigenvalue weighted by Gasteiger charge is -2.06. The molecule has 2 aromatic heterocycles. The SMILES string of the molecule is O=C(Nc1nc2c(s1)CCCC2)c1ccc(S(=O)(=O)c2ccc(Br)cc2)o1. The van der Waals surface area contributed by atoms with Gasteiger partial charge in [0.2, 0.25) is 14.9 Å². The molecule has 1 aliphatic rings. The number of anilines is 1. The van der Waals surface area contributed by atoms with Crippen LogP contribution in [-0.4, -0.2) is 19.3 Å². The summed E-state index contributed by atoms with van der Waals surface area (Å²) in [6, 6.07) is 8.86. The summed E-state index contributed by atoms with van der Waals surface area (Å²) >= 11 is 4.73. The lowest BCUT2D eigenvalue weighted by Crippen LogP contribution is -2.11. The van der Waals surface area contributed by atoms with Gasteiger partial charge in [-0.3, -0.25) is 10.1 Å². The number of furan rings is 1. The summed E-state index contributed by atoms with van der Waals surface area (Å²) in [4.78, 5) is 18.2. The van der Waals surface area contributed by atoms with Crippen molar-refractivity contribution >= 4 is 48.1 Å². The summed E-state index contributed by atoms with van der Waals surface area (Å²) in [5.74, 6) is -0.586. The van der Waals surface area contributed by atoms with Gasteiger partial charge in [0.1, 0.15) is 0 Å². The molecular formula is C18H15BrN2O4S2. The minimum atomic E-state index is -3.82. The van der Waals surface area contributed by atoms with Crippen LogP contribution >= 0.6 is 27.3 Å². The number of carbonyl (C=O) groups excluding carboxylic acids is 1. The Morgan fingerprint density at radius 3 is 2.59 bits per heavy atom. The third-order valence-corrected chi connectivity index (χ3v) is 7.50. The lowest BCUT2D eigenvalue weighted by atomic mass is 10.0. The summed E-state index contributed by atoms with van der Waals surface area (Å²) in [6.07, 6.45) is 4.16. The Morgan fingerprint density at radius 2 is 1.85 bits per heavy atom. The van der Waals surface area contributed by atoms with Crippen LogP contribution in [0.25, 0.3) is 0 Å². The highest BCUT2D eigenvalue weighted by atomic mass is 79.9. The van der Waals surface area contributed by atoms with Gasteiger partial charge in [-0.15, -0.1) is 11.3 Å². The fourth-order valence-corrected chi connectivity index (χ4v) is 5.36. The topological polar surface area (TPSA) is 89.3 Å². The van der Waals surface area contributed by atoms with Crippen LogP contribution in [0.4, 0.5) is 5.13 Å². The fourth-order valence-electron chi connectivity index (χ4n) is 2.88. The third-order valence-electron chi connectivity index (χ3n) is 4.26. The molecule has 0 atom stereocenters. The molecule has 0 bridgehead atoms. The van der Waals surface area contributed by atoms with E-state index in [1.807, 2.05) is 0 Å². The third kappa shape index (κ3) is 3.71. The second-order valence-corrected chi connectivity index (χ2v) is 10.0. The number of hydrogen-bond acceptors (Lipinski definition) is 6. The van der Waals surface area contributed by atoms with Crippen LogP contribution in [0.1, 0.15) is 34.0 Å². The standard InChI is InChI=1S/C18H15BrN2O4S2/c19-11-5-7-12(8-6-11)27(23,24)16-10-9-14(25-16)17(22)21-18-20-13-3-1-2-4-15(13)26-18/h5-10H,1-4H2,(H,20,21,22). The van der Waals surface area contributed by atoms with Crippen LogP contribution in [-0.2, 0) is 22.7 Å². The van der Waals surface area contributed by atoms with Crippen molar-refractivity contribution in [3.05, 3.63) is 57.2 Å². The quantitative estimate of drug-likeness (QED) is 0.612. The van der Waals surface area contributed by atoms with Crippen molar-refractivity contribution in [2.24, 2.45) is 0 Å². The molecule has 0 saturated carbocycles. The van der Waals surface area contributed by atoms with Crippen molar-refractivity contribution < 1.29 is 17.6 Å². The minimum Gasteiger partial charge on any atom is -0.439 e. The van der Waals surface area contributed by atoms with Crippen molar-refractivity contribution in [2.45, 2.75) is 35.7 Å². The van der Waals surface area contributed by atoms with Crippen molar-refractivity contribution in [3.8, 4) is 0 Å². The van der Waals surface area contributed by atoms with Gasteiger partial charge in [0.25, 0.3) is 5.91 Å². The van der Waals surface area contributed by atoms with Gasteiger partial charge in [-0.1, -0.05) is 15.9 Å². The van der Waals surface area contributed by atoms with E-state index in [1.165, 1.54) is 40.5 Å². The van der Waals surface area contributed by atoms with Crippen LogP contribution in [0.5, 0.6) is 0 Å². The van der Waals surface area contributed by atoms with Gasteiger partial charge in [0.05, 0.1) is 10.6 Å². The highest BCUT2D eigenvalue weighted by molar-refractivity contribution is 9.10. The average molecular weight is 467 g/mol. The number of benzene rings is 1. The molecule has 4 rings (SSSR count). The van der Waals surface area contributed by atoms with Crippen molar-refractivity contribution in [1.82, 2.24) is 4.98 Å². The van der Waals surface area contributed by atoms with Crippen LogP contribution in [0.3, 0.4) is 0 Å². The molecule has 1 aliphatic carbocycles. The molecule has 6 nitrogen and oxygen atoms in total. The fraction of sp³-hybridized carbons (Fsp3) is 0.222. The predicted molar refractivity (Wildman–Crippen MR) is 105 cm³/mol. The van der Waals surface area contributed by atoms with Crippen molar-refractivity contribution in [3.63, 3.8) is 0 Å². The number of aryl methyl sites for hydroxylation is 2. The second-order valence-electron chi connectivity index (χ2n) is 6.13. The number of nitrogens with one attached hydrogen (secondary N) is 1. The number of nitrogens with zero attached hydrogens (tertiary/aromatic N) is 1. The van der Waals surface area contributed by atoms with E-state index in [2.05, 4.69) is 26.2 Å². The summed E-state index contributed by atoms with van der Waals surface area (Å²) in [5.41, 5.74) is 1.04. The molecule has 27 heavy (non-hydrogen) atoms. The Balaban J connectivity index is 1.54. The zero-order valence-corrected chi connectivity index (χ0v) is 17.3. The second kappa shape index (κ2) is 7.21. The largest absolute Gasteiger partial charge is 0.439 e. The molecule has 2 heterocycles. The Kier molecular flexibility index (Phi) is 4.92. The Morgan fingerprint density at radius 1 is 1.11 bits per heavy atom. The highest BCUT2D eigenvalue weighted by Crippen LogP contribution is 2.30. The molecule has 1 N–H and O–H groups in total. The molecule has 3 aromatic rings. The first-order chi connectivity index (χ1) is 12.9. The van der Waals surface area contributed by atoms with Crippen LogP contribution in [0.2, 0.25) is 0 Å². The molecule has 140 valence electrons. The van der Waals surface area contributed by atoms with Gasteiger partial charge >= 0.3 is 0 Å². The van der Waals surface area contributed by atoms with Crippen molar-refractivity contribution in [2.75, 3.05) is 5.32 Å². The number of sulfone groups is 1. The molecule has 0 unspecified atom stereocenters. The minimum absolute atomic E-state index is 0.0705. The monoisotopic (exact) mass is 466 g/mol. The van der Waals surface area contributed by atoms with Crippen LogP contribution < -0.4 is 5.32 Å². The number of hydrogen-bond donors (Lipinski definition) is 1. The van der Waals surface area contributed by atoms with Gasteiger partial charge in [0, 0.05) is 9.35 Å². The maximum absolute atomic E-state index is 12.6. The molecule has 0 aliphatic heterocycles. The number of thiazole rings is 1. The molecule has 0 radical (unpaired) electrons. The normalized spacial score (nSPS) is 14.0. The molecule has 1 aromatic carbocycles. The number of aromatic nitrogens is 1. The van der Waals surface area contributed by atoms with Crippen LogP contribution in [0.15, 0.2) is 55.3 Å². The Labute approximate surface area is 168 Å².